The van der Waals surface area contributed by atoms with Crippen LogP contribution in [0.4, 0.5) is 0 Å². The van der Waals surface area contributed by atoms with Gasteiger partial charge in [0.2, 0.25) is 0 Å². The Balaban J connectivity index is -0.000000846. The van der Waals surface area contributed by atoms with Crippen LogP contribution in [-0.4, -0.2) is 25.5 Å². The van der Waals surface area contributed by atoms with Crippen LogP contribution in [0.15, 0.2) is 0 Å². The maximum atomic E-state index is 11.8. The molecule has 2 unspecified atom stereocenters. The van der Waals surface area contributed by atoms with E-state index in [1.807, 2.05) is 0 Å². The predicted molar refractivity (Wildman–Crippen MR) is 207 cm³/mol. The van der Waals surface area contributed by atoms with Gasteiger partial charge in [-0.25, -0.2) is 0 Å². The maximum Gasteiger partial charge on any atom is 2.00 e. The van der Waals surface area contributed by atoms with Crippen LogP contribution in [0, 0.1) is 0 Å². The number of unbranched alkanes of at least 4 members (excludes halogenated alkanes) is 28. The summed E-state index contributed by atoms with van der Waals surface area (Å²) < 4.78 is 33.9. The van der Waals surface area contributed by atoms with Gasteiger partial charge in [0.25, 0.3) is 0 Å². The van der Waals surface area contributed by atoms with Gasteiger partial charge in [-0.1, -0.05) is 207 Å². The Morgan fingerprint density at radius 2 is 0.510 bits per heavy atom. The summed E-state index contributed by atoms with van der Waals surface area (Å²) in [5.74, 6) is 0. The molecule has 0 saturated heterocycles. The molecule has 6 nitrogen and oxygen atoms in total. The van der Waals surface area contributed by atoms with Crippen LogP contribution in [0.25, 0.3) is 0 Å². The van der Waals surface area contributed by atoms with Gasteiger partial charge < -0.3 is 28.0 Å². The summed E-state index contributed by atoms with van der Waals surface area (Å²) in [7, 11) is -7.16. The molecule has 0 aliphatic heterocycles. The molecule has 0 aliphatic rings. The summed E-state index contributed by atoms with van der Waals surface area (Å²) in [6, 6.07) is 0. The van der Waals surface area contributed by atoms with Crippen LogP contribution >= 0.6 is 15.2 Å². The standard InChI is InChI=1S/2C20H43O3P.Co/c2*1-3-5-7-9-11-13-15-17-19-23-24(21,22)20-18-16-14-12-10-8-6-4-2;/h2*3-20H2,1-2H3,(H,21,22);/q;;+2/p-2. The van der Waals surface area contributed by atoms with E-state index in [1.165, 1.54) is 141 Å². The molecule has 0 aromatic carbocycles. The first-order valence-electron chi connectivity index (χ1n) is 21.1. The normalized spacial score (nSPS) is 13.7. The second-order valence-electron chi connectivity index (χ2n) is 14.2. The van der Waals surface area contributed by atoms with E-state index in [-0.39, 0.29) is 29.1 Å². The largest absolute Gasteiger partial charge is 2.00 e. The van der Waals surface area contributed by atoms with Crippen molar-refractivity contribution < 1.29 is 44.7 Å². The van der Waals surface area contributed by atoms with Crippen molar-refractivity contribution in [2.45, 2.75) is 233 Å². The Morgan fingerprint density at radius 1 is 0.327 bits per heavy atom. The summed E-state index contributed by atoms with van der Waals surface area (Å²) in [6.07, 6.45) is 38.6. The van der Waals surface area contributed by atoms with Crippen LogP contribution in [0.2, 0.25) is 0 Å². The molecule has 0 fully saturated rings. The van der Waals surface area contributed by atoms with Gasteiger partial charge in [-0.3, -0.25) is 0 Å². The first-order valence-corrected chi connectivity index (χ1v) is 24.6. The average molecular weight is 782 g/mol. The first-order chi connectivity index (χ1) is 23.2. The Labute approximate surface area is 317 Å². The molecule has 0 heterocycles. The van der Waals surface area contributed by atoms with Crippen molar-refractivity contribution >= 4 is 15.2 Å². The van der Waals surface area contributed by atoms with Gasteiger partial charge in [0.15, 0.2) is 0 Å². The zero-order valence-electron chi connectivity index (χ0n) is 33.1. The van der Waals surface area contributed by atoms with Crippen LogP contribution in [-0.2, 0) is 35.0 Å². The Kier molecular flexibility index (Phi) is 47.8. The number of hydrogen-bond acceptors (Lipinski definition) is 6. The molecule has 299 valence electrons. The third kappa shape index (κ3) is 48.8. The summed E-state index contributed by atoms with van der Waals surface area (Å²) in [6.45, 7) is 9.66. The van der Waals surface area contributed by atoms with E-state index < -0.39 is 15.2 Å². The van der Waals surface area contributed by atoms with Crippen LogP contribution in [0.3, 0.4) is 0 Å². The number of rotatable bonds is 38. The Hall–Kier alpha value is 0.806. The van der Waals surface area contributed by atoms with Gasteiger partial charge >= 0.3 is 16.8 Å². The SMILES string of the molecule is CCCCCCCCCCOP(=O)([O-])CCCCCCCCCC.CCCCCCCCCCOP(=O)([O-])CCCCCCCCCC.[Co+2]. The molecule has 0 amide bonds. The first kappa shape index (κ1) is 54.2. The molecule has 49 heavy (non-hydrogen) atoms. The van der Waals surface area contributed by atoms with Crippen LogP contribution in [0.5, 0.6) is 0 Å². The van der Waals surface area contributed by atoms with Crippen molar-refractivity contribution in [3.05, 3.63) is 0 Å². The van der Waals surface area contributed by atoms with Crippen molar-refractivity contribution in [3.8, 4) is 0 Å². The minimum Gasteiger partial charge on any atom is -0.778 e. The smallest absolute Gasteiger partial charge is 0.778 e. The zero-order valence-corrected chi connectivity index (χ0v) is 36.0. The van der Waals surface area contributed by atoms with Crippen molar-refractivity contribution in [3.63, 3.8) is 0 Å². The van der Waals surface area contributed by atoms with Gasteiger partial charge in [-0.15, -0.1) is 0 Å². The summed E-state index contributed by atoms with van der Waals surface area (Å²) in [4.78, 5) is 23.6. The Morgan fingerprint density at radius 3 is 0.735 bits per heavy atom. The minimum atomic E-state index is -3.58. The van der Waals surface area contributed by atoms with E-state index in [0.717, 1.165) is 64.2 Å². The zero-order chi connectivity index (χ0) is 35.9. The molecular weight excluding hydrogens is 697 g/mol. The molecule has 0 rings (SSSR count). The second kappa shape index (κ2) is 43.2. The van der Waals surface area contributed by atoms with E-state index in [0.29, 0.717) is 13.2 Å². The predicted octanol–water partition coefficient (Wildman–Crippen LogP) is 13.7. The summed E-state index contributed by atoms with van der Waals surface area (Å²) >= 11 is 0. The molecule has 0 N–H and O–H groups in total. The van der Waals surface area contributed by atoms with Gasteiger partial charge in [0, 0.05) is 12.3 Å². The fourth-order valence-corrected chi connectivity index (χ4v) is 8.18. The van der Waals surface area contributed by atoms with E-state index in [4.69, 9.17) is 9.05 Å². The third-order valence-corrected chi connectivity index (χ3v) is 12.0. The van der Waals surface area contributed by atoms with Gasteiger partial charge in [0.05, 0.1) is 13.2 Å². The summed E-state index contributed by atoms with van der Waals surface area (Å²) in [5.41, 5.74) is 0. The summed E-state index contributed by atoms with van der Waals surface area (Å²) in [5, 5.41) is 0. The third-order valence-electron chi connectivity index (χ3n) is 9.14. The molecule has 0 saturated carbocycles. The van der Waals surface area contributed by atoms with Crippen LogP contribution in [0.1, 0.15) is 233 Å². The maximum absolute atomic E-state index is 11.8. The van der Waals surface area contributed by atoms with Gasteiger partial charge in [-0.2, -0.15) is 0 Å². The molecule has 0 spiro atoms. The van der Waals surface area contributed by atoms with E-state index in [2.05, 4.69) is 27.7 Å². The van der Waals surface area contributed by atoms with Crippen molar-refractivity contribution in [2.75, 3.05) is 25.5 Å². The van der Waals surface area contributed by atoms with Gasteiger partial charge in [-0.05, 0) is 25.7 Å². The van der Waals surface area contributed by atoms with Crippen molar-refractivity contribution in [1.82, 2.24) is 0 Å². The average Bonchev–Trinajstić information content (AvgIpc) is 3.06. The minimum absolute atomic E-state index is 0. The second-order valence-corrected chi connectivity index (χ2v) is 18.1. The van der Waals surface area contributed by atoms with Crippen molar-refractivity contribution in [2.24, 2.45) is 0 Å². The molecule has 0 aromatic heterocycles. The topological polar surface area (TPSA) is 98.7 Å². The monoisotopic (exact) mass is 782 g/mol. The fraction of sp³-hybridized carbons (Fsp3) is 1.00. The van der Waals surface area contributed by atoms with E-state index in [9.17, 15) is 18.9 Å². The Bertz CT molecular complexity index is 654. The molecule has 1 radical (unpaired) electrons. The van der Waals surface area contributed by atoms with E-state index >= 15 is 0 Å². The van der Waals surface area contributed by atoms with E-state index in [1.54, 1.807) is 0 Å². The van der Waals surface area contributed by atoms with Crippen molar-refractivity contribution in [1.29, 1.82) is 0 Å². The quantitative estimate of drug-likeness (QED) is 0.0457. The molecule has 0 aromatic rings. The molecule has 9 heteroatoms. The fourth-order valence-electron chi connectivity index (χ4n) is 5.89. The van der Waals surface area contributed by atoms with Crippen LogP contribution < -0.4 is 9.79 Å². The van der Waals surface area contributed by atoms with Gasteiger partial charge in [0.1, 0.15) is 15.2 Å². The molecule has 2 atom stereocenters. The molecular formula is C40H84CoO6P2. The number of hydrogen-bond donors (Lipinski definition) is 0. The molecule has 0 bridgehead atoms. The molecule has 0 aliphatic carbocycles.